The lowest BCUT2D eigenvalue weighted by atomic mass is 10.1. The summed E-state index contributed by atoms with van der Waals surface area (Å²) in [5, 5.41) is 0. The second kappa shape index (κ2) is 6.92. The number of carbonyl (C=O) groups is 2. The normalized spacial score (nSPS) is 17.4. The molecule has 22 heavy (non-hydrogen) atoms. The molecule has 5 heteroatoms. The molecule has 1 aliphatic rings. The van der Waals surface area contributed by atoms with E-state index in [-0.39, 0.29) is 11.7 Å². The zero-order chi connectivity index (χ0) is 16.3. The highest BCUT2D eigenvalue weighted by molar-refractivity contribution is 6.02. The third-order valence-corrected chi connectivity index (χ3v) is 3.82. The summed E-state index contributed by atoms with van der Waals surface area (Å²) in [5.74, 6) is 0.650. The summed E-state index contributed by atoms with van der Waals surface area (Å²) < 4.78 is 5.77. The monoisotopic (exact) mass is 304 g/mol. The molecule has 0 spiro atoms. The maximum absolute atomic E-state index is 12.6. The Balaban J connectivity index is 2.31. The zero-order valence-electron chi connectivity index (χ0n) is 13.8. The van der Waals surface area contributed by atoms with E-state index in [1.165, 1.54) is 6.92 Å². The number of fused-ring (bicyclic) bond motifs is 1. The minimum absolute atomic E-state index is 0.0129. The summed E-state index contributed by atoms with van der Waals surface area (Å²) in [6.07, 6.45) is 1.07. The average Bonchev–Trinajstić information content (AvgIpc) is 2.48. The van der Waals surface area contributed by atoms with E-state index in [0.29, 0.717) is 30.0 Å². The molecule has 1 atom stereocenters. The Bertz CT molecular complexity index is 569. The van der Waals surface area contributed by atoms with Crippen molar-refractivity contribution in [3.8, 4) is 5.75 Å². The highest BCUT2D eigenvalue weighted by Gasteiger charge is 2.33. The number of ketones is 1. The van der Waals surface area contributed by atoms with Gasteiger partial charge in [0.2, 0.25) is 0 Å². The van der Waals surface area contributed by atoms with E-state index in [4.69, 9.17) is 4.74 Å². The van der Waals surface area contributed by atoms with Crippen molar-refractivity contribution in [1.82, 2.24) is 4.90 Å². The molecule has 1 aromatic carbocycles. The first-order chi connectivity index (χ1) is 10.4. The van der Waals surface area contributed by atoms with Crippen molar-refractivity contribution >= 4 is 17.4 Å². The number of carbonyl (C=O) groups excluding carboxylic acids is 2. The molecular weight excluding hydrogens is 280 g/mol. The first-order valence-electron chi connectivity index (χ1n) is 7.71. The van der Waals surface area contributed by atoms with E-state index in [2.05, 4.69) is 4.90 Å². The molecule has 0 saturated heterocycles. The van der Waals surface area contributed by atoms with Gasteiger partial charge >= 0.3 is 0 Å². The van der Waals surface area contributed by atoms with E-state index in [9.17, 15) is 9.59 Å². The quantitative estimate of drug-likeness (QED) is 0.757. The number of hydrogen-bond donors (Lipinski definition) is 0. The van der Waals surface area contributed by atoms with Crippen LogP contribution in [0, 0.1) is 0 Å². The molecule has 0 radical (unpaired) electrons. The lowest BCUT2D eigenvalue weighted by Crippen LogP contribution is -2.46. The molecule has 1 aliphatic heterocycles. The number of hydrogen-bond acceptors (Lipinski definition) is 4. The van der Waals surface area contributed by atoms with Crippen LogP contribution in [-0.2, 0) is 4.79 Å². The lowest BCUT2D eigenvalue weighted by Gasteiger charge is -2.34. The van der Waals surface area contributed by atoms with E-state index >= 15 is 0 Å². The molecule has 0 fully saturated rings. The Kier molecular flexibility index (Phi) is 5.19. The van der Waals surface area contributed by atoms with Crippen LogP contribution < -0.4 is 9.64 Å². The predicted molar refractivity (Wildman–Crippen MR) is 86.7 cm³/mol. The third-order valence-electron chi connectivity index (χ3n) is 3.82. The van der Waals surface area contributed by atoms with Crippen molar-refractivity contribution in [1.29, 1.82) is 0 Å². The molecule has 1 heterocycles. The van der Waals surface area contributed by atoms with Gasteiger partial charge < -0.3 is 14.5 Å². The molecule has 0 N–H and O–H groups in total. The number of amides is 1. The Morgan fingerprint density at radius 1 is 1.36 bits per heavy atom. The van der Waals surface area contributed by atoms with E-state index in [1.807, 2.05) is 21.0 Å². The Morgan fingerprint density at radius 2 is 2.09 bits per heavy atom. The van der Waals surface area contributed by atoms with Gasteiger partial charge in [0.1, 0.15) is 5.75 Å². The number of nitrogens with zero attached hydrogens (tertiary/aromatic N) is 2. The van der Waals surface area contributed by atoms with Crippen molar-refractivity contribution in [2.45, 2.75) is 32.8 Å². The van der Waals surface area contributed by atoms with Gasteiger partial charge in [0.25, 0.3) is 5.91 Å². The fourth-order valence-electron chi connectivity index (χ4n) is 2.58. The van der Waals surface area contributed by atoms with Crippen LogP contribution >= 0.6 is 0 Å². The van der Waals surface area contributed by atoms with Gasteiger partial charge in [-0.05, 0) is 58.6 Å². The smallest absolute Gasteiger partial charge is 0.268 e. The largest absolute Gasteiger partial charge is 0.478 e. The fourth-order valence-corrected chi connectivity index (χ4v) is 2.58. The lowest BCUT2D eigenvalue weighted by molar-refractivity contribution is -0.126. The fraction of sp³-hybridized carbons (Fsp3) is 0.529. The first kappa shape index (κ1) is 16.5. The Labute approximate surface area is 131 Å². The van der Waals surface area contributed by atoms with Gasteiger partial charge in [0.05, 0.1) is 5.69 Å². The Morgan fingerprint density at radius 3 is 2.68 bits per heavy atom. The molecule has 0 aliphatic carbocycles. The van der Waals surface area contributed by atoms with Crippen molar-refractivity contribution in [2.75, 3.05) is 32.1 Å². The highest BCUT2D eigenvalue weighted by Crippen LogP contribution is 2.35. The summed E-state index contributed by atoms with van der Waals surface area (Å²) >= 11 is 0. The molecule has 1 amide bonds. The SMILES string of the molecule is CC[C@@H]1Oc2ccc(C(C)=O)cc2N(CCCN(C)C)C1=O. The first-order valence-corrected chi connectivity index (χ1v) is 7.71. The van der Waals surface area contributed by atoms with E-state index in [0.717, 1.165) is 13.0 Å². The molecule has 5 nitrogen and oxygen atoms in total. The van der Waals surface area contributed by atoms with Gasteiger partial charge in [-0.15, -0.1) is 0 Å². The van der Waals surface area contributed by atoms with Crippen LogP contribution in [-0.4, -0.2) is 49.9 Å². The van der Waals surface area contributed by atoms with Crippen molar-refractivity contribution < 1.29 is 14.3 Å². The maximum Gasteiger partial charge on any atom is 0.268 e. The Hall–Kier alpha value is -1.88. The third kappa shape index (κ3) is 3.47. The number of Topliss-reactive ketones (excluding diaryl/α,β-unsaturated/α-hetero) is 1. The topological polar surface area (TPSA) is 49.9 Å². The predicted octanol–water partition coefficient (Wildman–Crippen LogP) is 2.34. The summed E-state index contributed by atoms with van der Waals surface area (Å²) in [6.45, 7) is 5.00. The molecule has 1 aromatic rings. The summed E-state index contributed by atoms with van der Waals surface area (Å²) in [6, 6.07) is 5.30. The van der Waals surface area contributed by atoms with E-state index < -0.39 is 6.10 Å². The van der Waals surface area contributed by atoms with Gasteiger partial charge in [-0.3, -0.25) is 9.59 Å². The van der Waals surface area contributed by atoms with Crippen molar-refractivity contribution in [3.05, 3.63) is 23.8 Å². The van der Waals surface area contributed by atoms with E-state index in [1.54, 1.807) is 23.1 Å². The van der Waals surface area contributed by atoms with Crippen molar-refractivity contribution in [3.63, 3.8) is 0 Å². The average molecular weight is 304 g/mol. The van der Waals surface area contributed by atoms with Crippen LogP contribution in [0.15, 0.2) is 18.2 Å². The molecule has 2 rings (SSSR count). The van der Waals surface area contributed by atoms with Gasteiger partial charge in [-0.25, -0.2) is 0 Å². The van der Waals surface area contributed by atoms with Crippen LogP contribution in [0.4, 0.5) is 5.69 Å². The number of benzene rings is 1. The standard InChI is InChI=1S/C17H24N2O3/c1-5-15-17(21)19(10-6-9-18(3)4)14-11-13(12(2)20)7-8-16(14)22-15/h7-8,11,15H,5-6,9-10H2,1-4H3/t15-/m0/s1. The summed E-state index contributed by atoms with van der Waals surface area (Å²) in [7, 11) is 4.02. The molecule has 0 bridgehead atoms. The van der Waals surface area contributed by atoms with Crippen LogP contribution in [0.2, 0.25) is 0 Å². The van der Waals surface area contributed by atoms with Crippen LogP contribution in [0.25, 0.3) is 0 Å². The number of rotatable bonds is 6. The molecule has 0 saturated carbocycles. The van der Waals surface area contributed by atoms with Crippen LogP contribution in [0.1, 0.15) is 37.0 Å². The van der Waals surface area contributed by atoms with Gasteiger partial charge in [-0.2, -0.15) is 0 Å². The maximum atomic E-state index is 12.6. The minimum Gasteiger partial charge on any atom is -0.478 e. The molecule has 120 valence electrons. The minimum atomic E-state index is -0.435. The molecule has 0 unspecified atom stereocenters. The summed E-state index contributed by atoms with van der Waals surface area (Å²) in [4.78, 5) is 28.0. The van der Waals surface area contributed by atoms with Gasteiger partial charge in [0.15, 0.2) is 11.9 Å². The molecule has 0 aromatic heterocycles. The van der Waals surface area contributed by atoms with Crippen molar-refractivity contribution in [2.24, 2.45) is 0 Å². The summed E-state index contributed by atoms with van der Waals surface area (Å²) in [5.41, 5.74) is 1.31. The number of ether oxygens (including phenoxy) is 1. The second-order valence-electron chi connectivity index (χ2n) is 5.90. The second-order valence-corrected chi connectivity index (χ2v) is 5.90. The number of anilines is 1. The highest BCUT2D eigenvalue weighted by atomic mass is 16.5. The zero-order valence-corrected chi connectivity index (χ0v) is 13.8. The van der Waals surface area contributed by atoms with Gasteiger partial charge in [0, 0.05) is 12.1 Å². The van der Waals surface area contributed by atoms with Gasteiger partial charge in [-0.1, -0.05) is 6.92 Å². The molecular formula is C17H24N2O3. The van der Waals surface area contributed by atoms with Crippen LogP contribution in [0.3, 0.4) is 0 Å². The van der Waals surface area contributed by atoms with Crippen LogP contribution in [0.5, 0.6) is 5.75 Å².